The van der Waals surface area contributed by atoms with Crippen LogP contribution in [0.1, 0.15) is 18.1 Å². The number of hydrogen-bond donors (Lipinski definition) is 2. The molecule has 0 saturated carbocycles. The zero-order valence-corrected chi connectivity index (χ0v) is 12.2. The zero-order valence-electron chi connectivity index (χ0n) is 12.2. The van der Waals surface area contributed by atoms with Crippen LogP contribution in [-0.2, 0) is 27.2 Å². The lowest BCUT2D eigenvalue weighted by Gasteiger charge is -2.14. The summed E-state index contributed by atoms with van der Waals surface area (Å²) in [6.45, 7) is 5.70. The summed E-state index contributed by atoms with van der Waals surface area (Å²) in [5.74, 6) is -1.46. The fourth-order valence-corrected chi connectivity index (χ4v) is 1.77. The quantitative estimate of drug-likeness (QED) is 0.535. The van der Waals surface area contributed by atoms with Gasteiger partial charge < -0.3 is 15.2 Å². The van der Waals surface area contributed by atoms with Crippen molar-refractivity contribution in [1.29, 1.82) is 0 Å². The molecule has 5 heteroatoms. The summed E-state index contributed by atoms with van der Waals surface area (Å²) < 4.78 is 5.07. The van der Waals surface area contributed by atoms with E-state index in [1.807, 2.05) is 24.3 Å². The molecule has 1 atom stereocenters. The summed E-state index contributed by atoms with van der Waals surface area (Å²) in [4.78, 5) is 22.9. The van der Waals surface area contributed by atoms with Crippen molar-refractivity contribution < 1.29 is 19.4 Å². The van der Waals surface area contributed by atoms with E-state index in [-0.39, 0.29) is 25.5 Å². The van der Waals surface area contributed by atoms with E-state index in [1.54, 1.807) is 0 Å². The first-order chi connectivity index (χ1) is 10.1. The maximum absolute atomic E-state index is 11.9. The van der Waals surface area contributed by atoms with Gasteiger partial charge in [0.05, 0.1) is 19.6 Å². The van der Waals surface area contributed by atoms with Crippen molar-refractivity contribution >= 4 is 11.9 Å². The summed E-state index contributed by atoms with van der Waals surface area (Å²) in [7, 11) is 0. The number of carboxylic acid groups (broad SMARTS) is 1. The van der Waals surface area contributed by atoms with Crippen LogP contribution < -0.4 is 5.32 Å². The zero-order chi connectivity index (χ0) is 15.7. The maximum atomic E-state index is 11.9. The first-order valence-electron chi connectivity index (χ1n) is 6.85. The predicted octanol–water partition coefficient (Wildman–Crippen LogP) is 1.56. The van der Waals surface area contributed by atoms with Gasteiger partial charge in [-0.1, -0.05) is 37.3 Å². The molecule has 1 rings (SSSR count). The highest BCUT2D eigenvalue weighted by Gasteiger charge is 2.19. The van der Waals surface area contributed by atoms with E-state index in [4.69, 9.17) is 9.84 Å². The van der Waals surface area contributed by atoms with Crippen molar-refractivity contribution in [2.45, 2.75) is 25.8 Å². The molecule has 1 amide bonds. The predicted molar refractivity (Wildman–Crippen MR) is 80.1 cm³/mol. The van der Waals surface area contributed by atoms with Crippen LogP contribution in [-0.4, -0.2) is 36.2 Å². The molecule has 0 aliphatic carbocycles. The van der Waals surface area contributed by atoms with E-state index in [9.17, 15) is 9.59 Å². The van der Waals surface area contributed by atoms with Crippen LogP contribution in [0, 0.1) is 0 Å². The molecule has 21 heavy (non-hydrogen) atoms. The van der Waals surface area contributed by atoms with Crippen LogP contribution in [0.5, 0.6) is 0 Å². The van der Waals surface area contributed by atoms with Gasteiger partial charge in [0.2, 0.25) is 5.91 Å². The van der Waals surface area contributed by atoms with Crippen LogP contribution >= 0.6 is 0 Å². The normalized spacial score (nSPS) is 11.7. The van der Waals surface area contributed by atoms with E-state index in [1.165, 1.54) is 11.6 Å². The number of rotatable bonds is 9. The van der Waals surface area contributed by atoms with Gasteiger partial charge in [0, 0.05) is 0 Å². The average Bonchev–Trinajstić information content (AvgIpc) is 2.47. The molecule has 0 aromatic heterocycles. The Morgan fingerprint density at radius 1 is 1.33 bits per heavy atom. The Balaban J connectivity index is 2.52. The molecule has 0 spiro atoms. The first-order valence-corrected chi connectivity index (χ1v) is 6.85. The highest BCUT2D eigenvalue weighted by molar-refractivity contribution is 5.84. The standard InChI is InChI=1S/C16H21NO4/c1-3-9-21-11-14(16(19)20)17-15(18)10-13-7-5-12(4-2)6-8-13/h3,5-8,14H,1,4,9-11H2,2H3,(H,17,18)(H,19,20). The first kappa shape index (κ1) is 16.9. The monoisotopic (exact) mass is 291 g/mol. The summed E-state index contributed by atoms with van der Waals surface area (Å²) in [6.07, 6.45) is 2.61. The lowest BCUT2D eigenvalue weighted by atomic mass is 10.1. The minimum atomic E-state index is -1.12. The van der Waals surface area contributed by atoms with Gasteiger partial charge in [0.25, 0.3) is 0 Å². The SMILES string of the molecule is C=CCOCC(NC(=O)Cc1ccc(CC)cc1)C(=O)O. The highest BCUT2D eigenvalue weighted by atomic mass is 16.5. The highest BCUT2D eigenvalue weighted by Crippen LogP contribution is 2.06. The van der Waals surface area contributed by atoms with E-state index in [2.05, 4.69) is 18.8 Å². The van der Waals surface area contributed by atoms with Crippen molar-refractivity contribution in [2.24, 2.45) is 0 Å². The smallest absolute Gasteiger partial charge is 0.328 e. The van der Waals surface area contributed by atoms with Gasteiger partial charge in [-0.25, -0.2) is 4.79 Å². The lowest BCUT2D eigenvalue weighted by molar-refractivity contribution is -0.143. The third kappa shape index (κ3) is 6.23. The Morgan fingerprint density at radius 3 is 2.48 bits per heavy atom. The van der Waals surface area contributed by atoms with Crippen LogP contribution in [0.2, 0.25) is 0 Å². The second-order valence-corrected chi connectivity index (χ2v) is 4.63. The number of benzene rings is 1. The molecule has 0 aliphatic rings. The number of carboxylic acids is 1. The lowest BCUT2D eigenvalue weighted by Crippen LogP contribution is -2.44. The topological polar surface area (TPSA) is 75.6 Å². The summed E-state index contributed by atoms with van der Waals surface area (Å²) in [6, 6.07) is 6.63. The van der Waals surface area contributed by atoms with Gasteiger partial charge in [-0.3, -0.25) is 4.79 Å². The Hall–Kier alpha value is -2.14. The number of amides is 1. The van der Waals surface area contributed by atoms with E-state index >= 15 is 0 Å². The van der Waals surface area contributed by atoms with Crippen LogP contribution in [0.4, 0.5) is 0 Å². The molecule has 0 fully saturated rings. The second kappa shape index (κ2) is 8.92. The molecule has 0 saturated heterocycles. The minimum absolute atomic E-state index is 0.0815. The fourth-order valence-electron chi connectivity index (χ4n) is 1.77. The Labute approximate surface area is 124 Å². The number of ether oxygens (including phenoxy) is 1. The van der Waals surface area contributed by atoms with Gasteiger partial charge in [-0.15, -0.1) is 6.58 Å². The van der Waals surface area contributed by atoms with E-state index in [0.29, 0.717) is 0 Å². The van der Waals surface area contributed by atoms with E-state index < -0.39 is 12.0 Å². The molecule has 114 valence electrons. The fraction of sp³-hybridized carbons (Fsp3) is 0.375. The van der Waals surface area contributed by atoms with Gasteiger partial charge in [0.15, 0.2) is 6.04 Å². The largest absolute Gasteiger partial charge is 0.480 e. The third-order valence-electron chi connectivity index (χ3n) is 2.95. The van der Waals surface area contributed by atoms with Gasteiger partial charge in [-0.05, 0) is 17.5 Å². The van der Waals surface area contributed by atoms with Crippen molar-refractivity contribution in [3.63, 3.8) is 0 Å². The Kier molecular flexibility index (Phi) is 7.18. The molecule has 1 unspecified atom stereocenters. The number of hydrogen-bond acceptors (Lipinski definition) is 3. The molecular weight excluding hydrogens is 270 g/mol. The molecule has 1 aromatic rings. The Bertz CT molecular complexity index is 482. The maximum Gasteiger partial charge on any atom is 0.328 e. The second-order valence-electron chi connectivity index (χ2n) is 4.63. The minimum Gasteiger partial charge on any atom is -0.480 e. The average molecular weight is 291 g/mol. The molecule has 0 bridgehead atoms. The Morgan fingerprint density at radius 2 is 1.95 bits per heavy atom. The number of nitrogens with one attached hydrogen (secondary N) is 1. The van der Waals surface area contributed by atoms with Crippen molar-refractivity contribution in [1.82, 2.24) is 5.32 Å². The summed E-state index contributed by atoms with van der Waals surface area (Å²) in [5.41, 5.74) is 2.04. The van der Waals surface area contributed by atoms with Gasteiger partial charge in [0.1, 0.15) is 0 Å². The van der Waals surface area contributed by atoms with Gasteiger partial charge >= 0.3 is 5.97 Å². The molecular formula is C16H21NO4. The van der Waals surface area contributed by atoms with Crippen LogP contribution in [0.3, 0.4) is 0 Å². The van der Waals surface area contributed by atoms with E-state index in [0.717, 1.165) is 12.0 Å². The van der Waals surface area contributed by atoms with Crippen molar-refractivity contribution in [3.05, 3.63) is 48.0 Å². The van der Waals surface area contributed by atoms with Gasteiger partial charge in [-0.2, -0.15) is 0 Å². The molecule has 0 aliphatic heterocycles. The number of carbonyl (C=O) groups is 2. The third-order valence-corrected chi connectivity index (χ3v) is 2.95. The van der Waals surface area contributed by atoms with Crippen LogP contribution in [0.15, 0.2) is 36.9 Å². The molecule has 1 aromatic carbocycles. The molecule has 0 heterocycles. The summed E-state index contributed by atoms with van der Waals surface area (Å²) in [5, 5.41) is 11.5. The number of aryl methyl sites for hydroxylation is 1. The number of carbonyl (C=O) groups excluding carboxylic acids is 1. The molecule has 2 N–H and O–H groups in total. The van der Waals surface area contributed by atoms with Crippen molar-refractivity contribution in [3.8, 4) is 0 Å². The molecule has 5 nitrogen and oxygen atoms in total. The molecule has 0 radical (unpaired) electrons. The number of aliphatic carboxylic acids is 1. The van der Waals surface area contributed by atoms with Crippen LogP contribution in [0.25, 0.3) is 0 Å². The van der Waals surface area contributed by atoms with Crippen molar-refractivity contribution in [2.75, 3.05) is 13.2 Å². The summed E-state index contributed by atoms with van der Waals surface area (Å²) >= 11 is 0.